The van der Waals surface area contributed by atoms with E-state index in [0.717, 1.165) is 32.1 Å². The summed E-state index contributed by atoms with van der Waals surface area (Å²) in [4.78, 5) is 26.9. The second-order valence-corrected chi connectivity index (χ2v) is 5.51. The number of hydrogen-bond donors (Lipinski definition) is 3. The molecule has 4 N–H and O–H groups in total. The fraction of sp³-hybridized carbons (Fsp3) is 0.533. The third-order valence-corrected chi connectivity index (χ3v) is 3.83. The molecule has 0 spiro atoms. The summed E-state index contributed by atoms with van der Waals surface area (Å²) in [6.07, 6.45) is 6.30. The maximum atomic E-state index is 12.3. The van der Waals surface area contributed by atoms with Gasteiger partial charge in [-0.05, 0) is 25.0 Å². The standard InChI is InChI=1S/C15H21N3O3/c16-13-5-3-1-2-4-12(13)15(21)18-11-7-6-10(17-9-11)8-14(19)20/h6-7,9,12-13H,1-5,8,16H2,(H,18,21)(H,19,20). The molecule has 0 radical (unpaired) electrons. The number of nitrogens with two attached hydrogens (primary N) is 1. The van der Waals surface area contributed by atoms with Crippen molar-refractivity contribution in [1.82, 2.24) is 4.98 Å². The van der Waals surface area contributed by atoms with Gasteiger partial charge in [0.05, 0.1) is 29.9 Å². The normalized spacial score (nSPS) is 22.3. The van der Waals surface area contributed by atoms with E-state index in [1.54, 1.807) is 12.1 Å². The summed E-state index contributed by atoms with van der Waals surface area (Å²) in [5.74, 6) is -1.16. The SMILES string of the molecule is NC1CCCCCC1C(=O)Nc1ccc(CC(=O)O)nc1. The van der Waals surface area contributed by atoms with Crippen molar-refractivity contribution < 1.29 is 14.7 Å². The Balaban J connectivity index is 1.96. The van der Waals surface area contributed by atoms with Crippen molar-refractivity contribution >= 4 is 17.6 Å². The van der Waals surface area contributed by atoms with E-state index in [-0.39, 0.29) is 24.3 Å². The minimum Gasteiger partial charge on any atom is -0.481 e. The second kappa shape index (κ2) is 7.17. The van der Waals surface area contributed by atoms with Crippen LogP contribution in [0.5, 0.6) is 0 Å². The summed E-state index contributed by atoms with van der Waals surface area (Å²) in [7, 11) is 0. The highest BCUT2D eigenvalue weighted by Gasteiger charge is 2.27. The van der Waals surface area contributed by atoms with Crippen molar-refractivity contribution in [2.45, 2.75) is 44.6 Å². The van der Waals surface area contributed by atoms with Gasteiger partial charge >= 0.3 is 5.97 Å². The molecule has 2 unspecified atom stereocenters. The van der Waals surface area contributed by atoms with Gasteiger partial charge in [-0.25, -0.2) is 0 Å². The molecular weight excluding hydrogens is 270 g/mol. The minimum absolute atomic E-state index is 0.0721. The smallest absolute Gasteiger partial charge is 0.309 e. The van der Waals surface area contributed by atoms with Crippen LogP contribution in [0.15, 0.2) is 18.3 Å². The zero-order valence-corrected chi connectivity index (χ0v) is 11.9. The number of aliphatic carboxylic acids is 1. The molecule has 0 bridgehead atoms. The van der Waals surface area contributed by atoms with Gasteiger partial charge in [-0.15, -0.1) is 0 Å². The van der Waals surface area contributed by atoms with Crippen molar-refractivity contribution in [3.05, 3.63) is 24.0 Å². The van der Waals surface area contributed by atoms with Gasteiger partial charge in [0.2, 0.25) is 5.91 Å². The molecule has 6 heteroatoms. The first-order valence-corrected chi connectivity index (χ1v) is 7.29. The molecule has 1 heterocycles. The number of aromatic nitrogens is 1. The maximum Gasteiger partial charge on any atom is 0.309 e. The maximum absolute atomic E-state index is 12.3. The number of rotatable bonds is 4. The van der Waals surface area contributed by atoms with Gasteiger partial charge in [-0.3, -0.25) is 14.6 Å². The summed E-state index contributed by atoms with van der Waals surface area (Å²) >= 11 is 0. The van der Waals surface area contributed by atoms with E-state index in [1.165, 1.54) is 6.20 Å². The van der Waals surface area contributed by atoms with E-state index >= 15 is 0 Å². The summed E-state index contributed by atoms with van der Waals surface area (Å²) in [5.41, 5.74) is 7.11. The van der Waals surface area contributed by atoms with Gasteiger partial charge in [0.25, 0.3) is 0 Å². The lowest BCUT2D eigenvalue weighted by atomic mass is 9.94. The molecule has 21 heavy (non-hydrogen) atoms. The number of carbonyl (C=O) groups excluding carboxylic acids is 1. The van der Waals surface area contributed by atoms with E-state index in [9.17, 15) is 9.59 Å². The van der Waals surface area contributed by atoms with E-state index in [2.05, 4.69) is 10.3 Å². The molecule has 1 aromatic rings. The van der Waals surface area contributed by atoms with Crippen LogP contribution < -0.4 is 11.1 Å². The average Bonchev–Trinajstić information content (AvgIpc) is 2.65. The Morgan fingerprint density at radius 3 is 2.71 bits per heavy atom. The minimum atomic E-state index is -0.927. The van der Waals surface area contributed by atoms with Crippen LogP contribution in [0.1, 0.15) is 37.8 Å². The van der Waals surface area contributed by atoms with Gasteiger partial charge in [-0.1, -0.05) is 19.3 Å². The summed E-state index contributed by atoms with van der Waals surface area (Å²) in [6, 6.07) is 3.19. The summed E-state index contributed by atoms with van der Waals surface area (Å²) in [6.45, 7) is 0. The summed E-state index contributed by atoms with van der Waals surface area (Å²) in [5, 5.41) is 11.5. The van der Waals surface area contributed by atoms with E-state index in [1.807, 2.05) is 0 Å². The summed E-state index contributed by atoms with van der Waals surface area (Å²) < 4.78 is 0. The number of carboxylic acid groups (broad SMARTS) is 1. The molecule has 1 saturated carbocycles. The van der Waals surface area contributed by atoms with Gasteiger partial charge in [0.1, 0.15) is 0 Å². The zero-order valence-electron chi connectivity index (χ0n) is 11.9. The molecule has 1 aliphatic carbocycles. The van der Waals surface area contributed by atoms with Crippen LogP contribution in [0.3, 0.4) is 0 Å². The van der Waals surface area contributed by atoms with Crippen LogP contribution in [-0.4, -0.2) is 28.0 Å². The van der Waals surface area contributed by atoms with Crippen molar-refractivity contribution in [3.63, 3.8) is 0 Å². The topological polar surface area (TPSA) is 105 Å². The molecule has 2 atom stereocenters. The van der Waals surface area contributed by atoms with Crippen LogP contribution in [0.25, 0.3) is 0 Å². The average molecular weight is 291 g/mol. The highest BCUT2D eigenvalue weighted by molar-refractivity contribution is 5.92. The van der Waals surface area contributed by atoms with Gasteiger partial charge in [0.15, 0.2) is 0 Å². The lowest BCUT2D eigenvalue weighted by Gasteiger charge is -2.20. The fourth-order valence-electron chi connectivity index (χ4n) is 2.65. The highest BCUT2D eigenvalue weighted by atomic mass is 16.4. The predicted octanol–water partition coefficient (Wildman–Crippen LogP) is 1.55. The lowest BCUT2D eigenvalue weighted by Crippen LogP contribution is -2.37. The Hall–Kier alpha value is -1.95. The van der Waals surface area contributed by atoms with Gasteiger partial charge in [0, 0.05) is 6.04 Å². The van der Waals surface area contributed by atoms with Crippen molar-refractivity contribution in [1.29, 1.82) is 0 Å². The number of carbonyl (C=O) groups is 2. The van der Waals surface area contributed by atoms with Gasteiger partial charge in [-0.2, -0.15) is 0 Å². The van der Waals surface area contributed by atoms with Crippen LogP contribution >= 0.6 is 0 Å². The van der Waals surface area contributed by atoms with Crippen molar-refractivity contribution in [3.8, 4) is 0 Å². The van der Waals surface area contributed by atoms with E-state index in [4.69, 9.17) is 10.8 Å². The Bertz CT molecular complexity index is 501. The largest absolute Gasteiger partial charge is 0.481 e. The number of nitrogens with one attached hydrogen (secondary N) is 1. The molecule has 0 aromatic carbocycles. The number of carboxylic acids is 1. The molecule has 0 aliphatic heterocycles. The number of amides is 1. The Kier molecular flexibility index (Phi) is 5.27. The second-order valence-electron chi connectivity index (χ2n) is 5.51. The third-order valence-electron chi connectivity index (χ3n) is 3.83. The van der Waals surface area contributed by atoms with Crippen molar-refractivity contribution in [2.24, 2.45) is 11.7 Å². The van der Waals surface area contributed by atoms with Crippen LogP contribution in [0.4, 0.5) is 5.69 Å². The fourth-order valence-corrected chi connectivity index (χ4v) is 2.65. The van der Waals surface area contributed by atoms with E-state index < -0.39 is 5.97 Å². The Morgan fingerprint density at radius 1 is 1.29 bits per heavy atom. The molecule has 0 saturated heterocycles. The predicted molar refractivity (Wildman–Crippen MR) is 78.8 cm³/mol. The number of pyridine rings is 1. The lowest BCUT2D eigenvalue weighted by molar-refractivity contribution is -0.136. The molecule has 114 valence electrons. The Labute approximate surface area is 123 Å². The number of hydrogen-bond acceptors (Lipinski definition) is 4. The van der Waals surface area contributed by atoms with Crippen LogP contribution in [-0.2, 0) is 16.0 Å². The molecule has 1 aliphatic rings. The quantitative estimate of drug-likeness (QED) is 0.730. The first kappa shape index (κ1) is 15.4. The Morgan fingerprint density at radius 2 is 2.05 bits per heavy atom. The number of nitrogens with zero attached hydrogens (tertiary/aromatic N) is 1. The van der Waals surface area contributed by atoms with Crippen LogP contribution in [0.2, 0.25) is 0 Å². The van der Waals surface area contributed by atoms with Crippen LogP contribution in [0, 0.1) is 5.92 Å². The molecule has 1 fully saturated rings. The molecular formula is C15H21N3O3. The monoisotopic (exact) mass is 291 g/mol. The molecule has 1 amide bonds. The first-order chi connectivity index (χ1) is 10.1. The van der Waals surface area contributed by atoms with E-state index in [0.29, 0.717) is 11.4 Å². The van der Waals surface area contributed by atoms with Crippen molar-refractivity contribution in [2.75, 3.05) is 5.32 Å². The third kappa shape index (κ3) is 4.53. The van der Waals surface area contributed by atoms with Gasteiger partial charge < -0.3 is 16.2 Å². The molecule has 2 rings (SSSR count). The highest BCUT2D eigenvalue weighted by Crippen LogP contribution is 2.23. The zero-order chi connectivity index (χ0) is 15.2. The molecule has 6 nitrogen and oxygen atoms in total. The molecule has 1 aromatic heterocycles. The first-order valence-electron chi connectivity index (χ1n) is 7.29. The number of anilines is 1.